The van der Waals surface area contributed by atoms with Gasteiger partial charge in [-0.15, -0.1) is 0 Å². The van der Waals surface area contributed by atoms with Crippen molar-refractivity contribution in [3.8, 4) is 0 Å². The predicted molar refractivity (Wildman–Crippen MR) is 59.8 cm³/mol. The van der Waals surface area contributed by atoms with Crippen molar-refractivity contribution >= 4 is 17.5 Å². The van der Waals surface area contributed by atoms with E-state index < -0.39 is 0 Å². The Bertz CT molecular complexity index is 519. The third kappa shape index (κ3) is 1.85. The summed E-state index contributed by atoms with van der Waals surface area (Å²) >= 11 is 0. The van der Waals surface area contributed by atoms with Crippen LogP contribution < -0.4 is 11.1 Å². The van der Waals surface area contributed by atoms with Crippen molar-refractivity contribution in [3.63, 3.8) is 0 Å². The van der Waals surface area contributed by atoms with Crippen LogP contribution in [0.3, 0.4) is 0 Å². The molecule has 1 amide bonds. The number of aromatic nitrogens is 3. The largest absolute Gasteiger partial charge is 0.383 e. The molecule has 3 N–H and O–H groups in total. The first-order valence-electron chi connectivity index (χ1n) is 4.68. The summed E-state index contributed by atoms with van der Waals surface area (Å²) in [4.78, 5) is 15.7. The second kappa shape index (κ2) is 4.01. The number of carbonyl (C=O) groups excluding carboxylic acids is 1. The number of amides is 1. The van der Waals surface area contributed by atoms with E-state index >= 15 is 0 Å². The molecule has 0 unspecified atom stereocenters. The Labute approximate surface area is 92.1 Å². The Morgan fingerprint density at radius 2 is 2.25 bits per heavy atom. The van der Waals surface area contributed by atoms with E-state index in [1.54, 1.807) is 36.1 Å². The molecule has 0 saturated carbocycles. The summed E-state index contributed by atoms with van der Waals surface area (Å²) in [6, 6.07) is 4.98. The topological polar surface area (TPSA) is 85.8 Å². The molecule has 2 aromatic heterocycles. The first kappa shape index (κ1) is 10.2. The minimum absolute atomic E-state index is 0.210. The fourth-order valence-electron chi connectivity index (χ4n) is 1.29. The molecule has 2 aromatic rings. The van der Waals surface area contributed by atoms with Crippen LogP contribution in [0, 0.1) is 0 Å². The lowest BCUT2D eigenvalue weighted by Crippen LogP contribution is -2.16. The van der Waals surface area contributed by atoms with Crippen molar-refractivity contribution in [2.75, 3.05) is 11.1 Å². The minimum atomic E-state index is -0.297. The molecule has 6 nitrogen and oxygen atoms in total. The molecule has 16 heavy (non-hydrogen) atoms. The second-order valence-corrected chi connectivity index (χ2v) is 3.23. The van der Waals surface area contributed by atoms with Crippen LogP contribution in [0.4, 0.5) is 11.6 Å². The van der Waals surface area contributed by atoms with Gasteiger partial charge in [-0.25, -0.2) is 4.98 Å². The smallest absolute Gasteiger partial charge is 0.260 e. The normalized spacial score (nSPS) is 10.1. The van der Waals surface area contributed by atoms with Gasteiger partial charge in [0.15, 0.2) is 0 Å². The molecule has 0 radical (unpaired) electrons. The van der Waals surface area contributed by atoms with E-state index in [-0.39, 0.29) is 11.7 Å². The number of aryl methyl sites for hydroxylation is 1. The fraction of sp³-hybridized carbons (Fsp3) is 0.100. The summed E-state index contributed by atoms with van der Waals surface area (Å²) in [5.74, 6) is 0.518. The average molecular weight is 217 g/mol. The van der Waals surface area contributed by atoms with Crippen molar-refractivity contribution in [1.82, 2.24) is 14.8 Å². The van der Waals surface area contributed by atoms with Gasteiger partial charge >= 0.3 is 0 Å². The van der Waals surface area contributed by atoms with Crippen LogP contribution >= 0.6 is 0 Å². The molecule has 2 heterocycles. The minimum Gasteiger partial charge on any atom is -0.383 e. The van der Waals surface area contributed by atoms with Crippen LogP contribution in [-0.2, 0) is 7.05 Å². The first-order valence-corrected chi connectivity index (χ1v) is 4.68. The predicted octanol–water partition coefficient (Wildman–Crippen LogP) is 0.650. The zero-order chi connectivity index (χ0) is 11.5. The molecule has 6 heteroatoms. The Hall–Kier alpha value is -2.37. The number of carbonyl (C=O) groups is 1. The Balaban J connectivity index is 2.22. The lowest BCUT2D eigenvalue weighted by Gasteiger charge is -2.06. The van der Waals surface area contributed by atoms with Gasteiger partial charge in [0.05, 0.1) is 11.8 Å². The standard InChI is InChI=1S/C10H11N5O/c1-15-8(4-6-13-15)14-10(16)7-3-2-5-12-9(7)11/h2-6H,1H3,(H2,11,12)(H,14,16). The summed E-state index contributed by atoms with van der Waals surface area (Å²) in [6.45, 7) is 0. The quantitative estimate of drug-likeness (QED) is 0.773. The number of hydrogen-bond donors (Lipinski definition) is 2. The van der Waals surface area contributed by atoms with E-state index in [0.29, 0.717) is 11.4 Å². The van der Waals surface area contributed by atoms with Gasteiger partial charge in [-0.05, 0) is 12.1 Å². The number of nitrogens with two attached hydrogens (primary N) is 1. The van der Waals surface area contributed by atoms with Crippen molar-refractivity contribution in [2.24, 2.45) is 7.05 Å². The van der Waals surface area contributed by atoms with Crippen LogP contribution in [0.2, 0.25) is 0 Å². The third-order valence-electron chi connectivity index (χ3n) is 2.15. The monoisotopic (exact) mass is 217 g/mol. The molecular formula is C10H11N5O. The van der Waals surface area contributed by atoms with Crippen LogP contribution in [0.15, 0.2) is 30.6 Å². The summed E-state index contributed by atoms with van der Waals surface area (Å²) < 4.78 is 1.56. The molecule has 0 fully saturated rings. The molecule has 0 saturated heterocycles. The third-order valence-corrected chi connectivity index (χ3v) is 2.15. The van der Waals surface area contributed by atoms with Gasteiger partial charge in [0, 0.05) is 19.3 Å². The number of nitrogens with one attached hydrogen (secondary N) is 1. The summed E-state index contributed by atoms with van der Waals surface area (Å²) in [7, 11) is 1.74. The molecular weight excluding hydrogens is 206 g/mol. The van der Waals surface area contributed by atoms with Gasteiger partial charge in [0.2, 0.25) is 0 Å². The lowest BCUT2D eigenvalue weighted by molar-refractivity contribution is 0.102. The van der Waals surface area contributed by atoms with Gasteiger partial charge in [-0.1, -0.05) is 0 Å². The van der Waals surface area contributed by atoms with Crippen molar-refractivity contribution in [1.29, 1.82) is 0 Å². The number of nitrogen functional groups attached to an aromatic ring is 1. The van der Waals surface area contributed by atoms with Crippen LogP contribution in [-0.4, -0.2) is 20.7 Å². The van der Waals surface area contributed by atoms with E-state index in [9.17, 15) is 4.79 Å². The number of pyridine rings is 1. The van der Waals surface area contributed by atoms with Crippen molar-refractivity contribution in [3.05, 3.63) is 36.2 Å². The highest BCUT2D eigenvalue weighted by Gasteiger charge is 2.11. The molecule has 0 aromatic carbocycles. The SMILES string of the molecule is Cn1nccc1NC(=O)c1cccnc1N. The van der Waals surface area contributed by atoms with E-state index in [1.807, 2.05) is 0 Å². The molecule has 0 atom stereocenters. The van der Waals surface area contributed by atoms with E-state index in [2.05, 4.69) is 15.4 Å². The molecule has 2 rings (SSSR count). The van der Waals surface area contributed by atoms with Crippen LogP contribution in [0.1, 0.15) is 10.4 Å². The number of nitrogens with zero attached hydrogens (tertiary/aromatic N) is 3. The van der Waals surface area contributed by atoms with Gasteiger partial charge in [0.25, 0.3) is 5.91 Å². The highest BCUT2D eigenvalue weighted by Crippen LogP contribution is 2.11. The molecule has 0 spiro atoms. The Kier molecular flexibility index (Phi) is 2.55. The van der Waals surface area contributed by atoms with E-state index in [1.165, 1.54) is 6.20 Å². The number of anilines is 2. The highest BCUT2D eigenvalue weighted by atomic mass is 16.1. The van der Waals surface area contributed by atoms with E-state index in [4.69, 9.17) is 5.73 Å². The maximum Gasteiger partial charge on any atom is 0.260 e. The maximum absolute atomic E-state index is 11.8. The summed E-state index contributed by atoms with van der Waals surface area (Å²) in [6.07, 6.45) is 3.14. The highest BCUT2D eigenvalue weighted by molar-refractivity contribution is 6.06. The van der Waals surface area contributed by atoms with Gasteiger partial charge in [-0.3, -0.25) is 9.48 Å². The number of hydrogen-bond acceptors (Lipinski definition) is 4. The maximum atomic E-state index is 11.8. The number of rotatable bonds is 2. The second-order valence-electron chi connectivity index (χ2n) is 3.23. The van der Waals surface area contributed by atoms with E-state index in [0.717, 1.165) is 0 Å². The van der Waals surface area contributed by atoms with Crippen molar-refractivity contribution < 1.29 is 4.79 Å². The van der Waals surface area contributed by atoms with Crippen LogP contribution in [0.5, 0.6) is 0 Å². The fourth-order valence-corrected chi connectivity index (χ4v) is 1.29. The molecule has 0 aliphatic rings. The molecule has 0 aliphatic carbocycles. The average Bonchev–Trinajstić information content (AvgIpc) is 2.65. The van der Waals surface area contributed by atoms with Crippen LogP contribution in [0.25, 0.3) is 0 Å². The zero-order valence-corrected chi connectivity index (χ0v) is 8.71. The summed E-state index contributed by atoms with van der Waals surface area (Å²) in [5, 5.41) is 6.63. The Morgan fingerprint density at radius 1 is 1.44 bits per heavy atom. The van der Waals surface area contributed by atoms with Gasteiger partial charge < -0.3 is 11.1 Å². The lowest BCUT2D eigenvalue weighted by atomic mass is 10.2. The molecule has 0 aliphatic heterocycles. The summed E-state index contributed by atoms with van der Waals surface area (Å²) in [5.41, 5.74) is 5.94. The molecule has 0 bridgehead atoms. The first-order chi connectivity index (χ1) is 7.68. The van der Waals surface area contributed by atoms with Crippen molar-refractivity contribution in [2.45, 2.75) is 0 Å². The van der Waals surface area contributed by atoms with Gasteiger partial charge in [-0.2, -0.15) is 5.10 Å². The van der Waals surface area contributed by atoms with Gasteiger partial charge in [0.1, 0.15) is 11.6 Å². The Morgan fingerprint density at radius 3 is 2.88 bits per heavy atom. The zero-order valence-electron chi connectivity index (χ0n) is 8.71. The molecule has 82 valence electrons.